The molecule has 0 radical (unpaired) electrons. The highest BCUT2D eigenvalue weighted by atomic mass is 79.9. The second-order valence-corrected chi connectivity index (χ2v) is 5.73. The summed E-state index contributed by atoms with van der Waals surface area (Å²) in [7, 11) is 1.70. The molecular formula is C15H22BrNO2. The van der Waals surface area contributed by atoms with E-state index in [9.17, 15) is 0 Å². The van der Waals surface area contributed by atoms with Gasteiger partial charge < -0.3 is 14.8 Å². The van der Waals surface area contributed by atoms with Crippen LogP contribution in [0.25, 0.3) is 0 Å². The fraction of sp³-hybridized carbons (Fsp3) is 0.600. The molecule has 1 N–H and O–H groups in total. The predicted octanol–water partition coefficient (Wildman–Crippen LogP) is 3.16. The maximum Gasteiger partial charge on any atom is 0.119 e. The van der Waals surface area contributed by atoms with Crippen LogP contribution < -0.4 is 10.1 Å². The zero-order valence-corrected chi connectivity index (χ0v) is 13.2. The molecule has 0 aliphatic carbocycles. The Balaban J connectivity index is 2.11. The molecule has 2 rings (SSSR count). The van der Waals surface area contributed by atoms with Crippen molar-refractivity contribution in [3.05, 3.63) is 28.2 Å². The van der Waals surface area contributed by atoms with Crippen molar-refractivity contribution in [2.24, 2.45) is 0 Å². The number of halogens is 1. The van der Waals surface area contributed by atoms with Crippen molar-refractivity contribution in [2.45, 2.75) is 38.3 Å². The molecule has 0 aromatic heterocycles. The topological polar surface area (TPSA) is 30.5 Å². The van der Waals surface area contributed by atoms with E-state index < -0.39 is 0 Å². The van der Waals surface area contributed by atoms with Crippen LogP contribution in [0.2, 0.25) is 0 Å². The Kier molecular flexibility index (Phi) is 5.67. The van der Waals surface area contributed by atoms with Gasteiger partial charge in [-0.3, -0.25) is 0 Å². The van der Waals surface area contributed by atoms with E-state index >= 15 is 0 Å². The Hall–Kier alpha value is -0.580. The summed E-state index contributed by atoms with van der Waals surface area (Å²) in [6, 6.07) is 6.49. The third-order valence-electron chi connectivity index (χ3n) is 3.57. The highest BCUT2D eigenvalue weighted by Gasteiger charge is 2.26. The van der Waals surface area contributed by atoms with Crippen LogP contribution in [0.5, 0.6) is 5.75 Å². The number of hydrogen-bond donors (Lipinski definition) is 1. The molecule has 1 aliphatic heterocycles. The molecule has 1 saturated heterocycles. The molecule has 0 amide bonds. The van der Waals surface area contributed by atoms with Gasteiger partial charge in [0.05, 0.1) is 13.2 Å². The lowest BCUT2D eigenvalue weighted by atomic mass is 9.99. The molecule has 0 bridgehead atoms. The van der Waals surface area contributed by atoms with Crippen molar-refractivity contribution >= 4 is 15.9 Å². The van der Waals surface area contributed by atoms with E-state index in [1.807, 2.05) is 12.1 Å². The first-order valence-electron chi connectivity index (χ1n) is 6.92. The number of methoxy groups -OCH3 is 1. The van der Waals surface area contributed by atoms with Gasteiger partial charge in [0.25, 0.3) is 0 Å². The van der Waals surface area contributed by atoms with Crippen LogP contribution in [0.4, 0.5) is 0 Å². The first-order chi connectivity index (χ1) is 9.24. The summed E-state index contributed by atoms with van der Waals surface area (Å²) in [5.41, 5.74) is 1.26. The molecule has 2 unspecified atom stereocenters. The van der Waals surface area contributed by atoms with Crippen LogP contribution in [0.1, 0.15) is 25.3 Å². The Bertz CT molecular complexity index is 405. The van der Waals surface area contributed by atoms with Gasteiger partial charge in [-0.2, -0.15) is 0 Å². The molecule has 1 heterocycles. The van der Waals surface area contributed by atoms with Crippen LogP contribution >= 0.6 is 15.9 Å². The predicted molar refractivity (Wildman–Crippen MR) is 80.8 cm³/mol. The van der Waals surface area contributed by atoms with Crippen LogP contribution in [0, 0.1) is 0 Å². The van der Waals surface area contributed by atoms with Gasteiger partial charge in [-0.15, -0.1) is 0 Å². The molecule has 1 aromatic rings. The minimum Gasteiger partial charge on any atom is -0.497 e. The van der Waals surface area contributed by atoms with Crippen LogP contribution in [0.15, 0.2) is 22.7 Å². The number of likely N-dealkylation sites (N-methyl/N-ethyl adjacent to an activating group) is 1. The molecule has 1 aliphatic rings. The maximum absolute atomic E-state index is 5.83. The summed E-state index contributed by atoms with van der Waals surface area (Å²) >= 11 is 3.62. The lowest BCUT2D eigenvalue weighted by molar-refractivity contribution is 0.0788. The second kappa shape index (κ2) is 7.27. The minimum absolute atomic E-state index is 0.332. The van der Waals surface area contributed by atoms with E-state index in [-0.39, 0.29) is 0 Å². The molecule has 19 heavy (non-hydrogen) atoms. The Morgan fingerprint density at radius 1 is 1.53 bits per heavy atom. The average molecular weight is 328 g/mol. The fourth-order valence-corrected chi connectivity index (χ4v) is 3.00. The van der Waals surface area contributed by atoms with Gasteiger partial charge in [0.15, 0.2) is 0 Å². The summed E-state index contributed by atoms with van der Waals surface area (Å²) < 4.78 is 12.3. The fourth-order valence-electron chi connectivity index (χ4n) is 2.59. The zero-order chi connectivity index (χ0) is 13.7. The minimum atomic E-state index is 0.332. The van der Waals surface area contributed by atoms with Crippen LogP contribution in [0.3, 0.4) is 0 Å². The summed E-state index contributed by atoms with van der Waals surface area (Å²) in [5, 5.41) is 3.55. The van der Waals surface area contributed by atoms with Gasteiger partial charge in [0, 0.05) is 17.1 Å². The highest BCUT2D eigenvalue weighted by molar-refractivity contribution is 9.10. The molecule has 3 nitrogen and oxygen atoms in total. The Morgan fingerprint density at radius 2 is 2.37 bits per heavy atom. The zero-order valence-electron chi connectivity index (χ0n) is 11.6. The molecule has 0 saturated carbocycles. The number of nitrogens with one attached hydrogen (secondary N) is 1. The second-order valence-electron chi connectivity index (χ2n) is 4.88. The number of benzene rings is 1. The normalized spacial score (nSPS) is 20.5. The molecule has 1 fully saturated rings. The summed E-state index contributed by atoms with van der Waals surface area (Å²) in [6.07, 6.45) is 3.61. The smallest absolute Gasteiger partial charge is 0.119 e. The standard InChI is InChI=1S/C15H22BrNO2/c1-3-17-14(15-5-4-8-19-15)10-11-9-12(18-2)6-7-13(11)16/h6-7,9,14-15,17H,3-5,8,10H2,1-2H3. The van der Waals surface area contributed by atoms with Gasteiger partial charge in [0.2, 0.25) is 0 Å². The first kappa shape index (κ1) is 14.8. The van der Waals surface area contributed by atoms with E-state index in [2.05, 4.69) is 34.2 Å². The monoisotopic (exact) mass is 327 g/mol. The number of ether oxygens (including phenoxy) is 2. The molecule has 106 valence electrons. The lowest BCUT2D eigenvalue weighted by Gasteiger charge is -2.24. The van der Waals surface area contributed by atoms with Crippen LogP contribution in [-0.4, -0.2) is 32.4 Å². The highest BCUT2D eigenvalue weighted by Crippen LogP contribution is 2.26. The lowest BCUT2D eigenvalue weighted by Crippen LogP contribution is -2.41. The molecule has 1 aromatic carbocycles. The van der Waals surface area contributed by atoms with E-state index in [0.717, 1.165) is 36.2 Å². The van der Waals surface area contributed by atoms with E-state index in [4.69, 9.17) is 9.47 Å². The Labute approximate surface area is 123 Å². The first-order valence-corrected chi connectivity index (χ1v) is 7.71. The molecular weight excluding hydrogens is 306 g/mol. The van der Waals surface area contributed by atoms with Crippen molar-refractivity contribution in [1.29, 1.82) is 0 Å². The largest absolute Gasteiger partial charge is 0.497 e. The van der Waals surface area contributed by atoms with Crippen molar-refractivity contribution in [1.82, 2.24) is 5.32 Å². The molecule has 4 heteroatoms. The molecule has 2 atom stereocenters. The molecule has 0 spiro atoms. The van der Waals surface area contributed by atoms with E-state index in [1.165, 1.54) is 12.0 Å². The van der Waals surface area contributed by atoms with E-state index in [0.29, 0.717) is 12.1 Å². The third-order valence-corrected chi connectivity index (χ3v) is 4.35. The SMILES string of the molecule is CCNC(Cc1cc(OC)ccc1Br)C1CCCO1. The van der Waals surface area contributed by atoms with Gasteiger partial charge in [-0.25, -0.2) is 0 Å². The summed E-state index contributed by atoms with van der Waals surface area (Å²) in [4.78, 5) is 0. The van der Waals surface area contributed by atoms with E-state index in [1.54, 1.807) is 7.11 Å². The van der Waals surface area contributed by atoms with Crippen LogP contribution in [-0.2, 0) is 11.2 Å². The number of rotatable bonds is 6. The van der Waals surface area contributed by atoms with Crippen molar-refractivity contribution in [3.63, 3.8) is 0 Å². The van der Waals surface area contributed by atoms with Crippen molar-refractivity contribution < 1.29 is 9.47 Å². The van der Waals surface area contributed by atoms with Crippen molar-refractivity contribution in [3.8, 4) is 5.75 Å². The summed E-state index contributed by atoms with van der Waals surface area (Å²) in [6.45, 7) is 4.00. The third kappa shape index (κ3) is 3.94. The van der Waals surface area contributed by atoms with Crippen molar-refractivity contribution in [2.75, 3.05) is 20.3 Å². The quantitative estimate of drug-likeness (QED) is 0.870. The maximum atomic E-state index is 5.83. The number of hydrogen-bond acceptors (Lipinski definition) is 3. The van der Waals surface area contributed by atoms with Gasteiger partial charge in [-0.05, 0) is 49.6 Å². The Morgan fingerprint density at radius 3 is 3.00 bits per heavy atom. The summed E-state index contributed by atoms with van der Waals surface area (Å²) in [5.74, 6) is 0.904. The average Bonchev–Trinajstić information content (AvgIpc) is 2.94. The van der Waals surface area contributed by atoms with Gasteiger partial charge >= 0.3 is 0 Å². The van der Waals surface area contributed by atoms with Gasteiger partial charge in [0.1, 0.15) is 5.75 Å². The van der Waals surface area contributed by atoms with Gasteiger partial charge in [-0.1, -0.05) is 22.9 Å².